The molecule has 0 unspecified atom stereocenters. The van der Waals surface area contributed by atoms with Gasteiger partial charge in [-0.2, -0.15) is 5.11 Å². The van der Waals surface area contributed by atoms with E-state index in [4.69, 9.17) is 4.74 Å². The largest absolute Gasteiger partial charge is 0.505 e. The standard InChI is InChI=1S/C17H14FN3O5/c1-2-26-17(23)15(20-19-13-7-5-12(18)6-8-13)16(22)11-3-9-14(10-4-11)21(24)25/h3-10,22H,2H2,1H3/b16-15-,20-19?. The van der Waals surface area contributed by atoms with Gasteiger partial charge in [0.1, 0.15) is 5.82 Å². The van der Waals surface area contributed by atoms with Crippen LogP contribution in [-0.4, -0.2) is 22.6 Å². The number of non-ortho nitro benzene ring substituents is 1. The highest BCUT2D eigenvalue weighted by molar-refractivity contribution is 5.95. The highest BCUT2D eigenvalue weighted by atomic mass is 19.1. The van der Waals surface area contributed by atoms with Gasteiger partial charge in [-0.3, -0.25) is 10.1 Å². The molecule has 9 heteroatoms. The van der Waals surface area contributed by atoms with Crippen LogP contribution in [0.5, 0.6) is 0 Å². The highest BCUT2D eigenvalue weighted by Crippen LogP contribution is 2.23. The third kappa shape index (κ3) is 4.69. The van der Waals surface area contributed by atoms with Crippen LogP contribution in [0.15, 0.2) is 64.5 Å². The zero-order valence-electron chi connectivity index (χ0n) is 13.6. The maximum atomic E-state index is 12.9. The number of aliphatic hydroxyl groups is 1. The Kier molecular flexibility index (Phi) is 6.10. The molecule has 0 fully saturated rings. The molecule has 0 atom stereocenters. The molecule has 26 heavy (non-hydrogen) atoms. The monoisotopic (exact) mass is 359 g/mol. The molecule has 2 aromatic rings. The number of benzene rings is 2. The van der Waals surface area contributed by atoms with E-state index < -0.39 is 28.2 Å². The van der Waals surface area contributed by atoms with E-state index in [-0.39, 0.29) is 23.5 Å². The van der Waals surface area contributed by atoms with E-state index in [1.165, 1.54) is 36.4 Å². The summed E-state index contributed by atoms with van der Waals surface area (Å²) in [5, 5.41) is 28.5. The average molecular weight is 359 g/mol. The third-order valence-electron chi connectivity index (χ3n) is 3.14. The minimum Gasteiger partial charge on any atom is -0.505 e. The molecule has 0 radical (unpaired) electrons. The topological polar surface area (TPSA) is 114 Å². The smallest absolute Gasteiger partial charge is 0.362 e. The summed E-state index contributed by atoms with van der Waals surface area (Å²) in [7, 11) is 0. The Morgan fingerprint density at radius 3 is 2.35 bits per heavy atom. The molecule has 0 saturated carbocycles. The second-order valence-electron chi connectivity index (χ2n) is 4.90. The first-order valence-corrected chi connectivity index (χ1v) is 7.45. The van der Waals surface area contributed by atoms with Gasteiger partial charge in [-0.15, -0.1) is 5.11 Å². The number of rotatable bonds is 6. The number of carbonyl (C=O) groups is 1. The van der Waals surface area contributed by atoms with Gasteiger partial charge < -0.3 is 9.84 Å². The summed E-state index contributed by atoms with van der Waals surface area (Å²) in [6.45, 7) is 1.62. The van der Waals surface area contributed by atoms with Crippen LogP contribution in [0.3, 0.4) is 0 Å². The maximum absolute atomic E-state index is 12.9. The Hall–Kier alpha value is -3.62. The van der Waals surface area contributed by atoms with Crippen molar-refractivity contribution in [3.8, 4) is 0 Å². The highest BCUT2D eigenvalue weighted by Gasteiger charge is 2.19. The Morgan fingerprint density at radius 2 is 1.81 bits per heavy atom. The van der Waals surface area contributed by atoms with Crippen LogP contribution in [0.25, 0.3) is 5.76 Å². The van der Waals surface area contributed by atoms with Crippen LogP contribution >= 0.6 is 0 Å². The molecule has 0 saturated heterocycles. The predicted molar refractivity (Wildman–Crippen MR) is 90.2 cm³/mol. The molecule has 0 spiro atoms. The molecule has 8 nitrogen and oxygen atoms in total. The molecule has 0 amide bonds. The van der Waals surface area contributed by atoms with Gasteiger partial charge in [0.05, 0.1) is 17.2 Å². The molecular weight excluding hydrogens is 345 g/mol. The molecule has 0 heterocycles. The molecule has 2 aromatic carbocycles. The summed E-state index contributed by atoms with van der Waals surface area (Å²) in [5.41, 5.74) is -0.279. The van der Waals surface area contributed by atoms with Gasteiger partial charge in [0, 0.05) is 17.7 Å². The number of carbonyl (C=O) groups excluding carboxylic acids is 1. The van der Waals surface area contributed by atoms with Gasteiger partial charge in [0.15, 0.2) is 5.76 Å². The van der Waals surface area contributed by atoms with E-state index in [2.05, 4.69) is 10.2 Å². The van der Waals surface area contributed by atoms with Crippen LogP contribution in [0.4, 0.5) is 15.8 Å². The maximum Gasteiger partial charge on any atom is 0.362 e. The number of hydrogen-bond donors (Lipinski definition) is 1. The van der Waals surface area contributed by atoms with Gasteiger partial charge in [-0.05, 0) is 43.3 Å². The summed E-state index contributed by atoms with van der Waals surface area (Å²) < 4.78 is 17.7. The number of halogens is 1. The number of azo groups is 1. The Morgan fingerprint density at radius 1 is 1.19 bits per heavy atom. The Labute approximate surface area is 147 Å². The first-order chi connectivity index (χ1) is 12.4. The first kappa shape index (κ1) is 18.7. The number of aliphatic hydroxyl groups excluding tert-OH is 1. The van der Waals surface area contributed by atoms with Crippen molar-refractivity contribution in [1.82, 2.24) is 0 Å². The number of nitro groups is 1. The zero-order chi connectivity index (χ0) is 19.1. The van der Waals surface area contributed by atoms with Crippen molar-refractivity contribution in [2.24, 2.45) is 10.2 Å². The van der Waals surface area contributed by atoms with Crippen LogP contribution < -0.4 is 0 Å². The quantitative estimate of drug-likeness (QED) is 0.206. The lowest BCUT2D eigenvalue weighted by atomic mass is 10.1. The molecular formula is C17H14FN3O5. The molecule has 1 N–H and O–H groups in total. The van der Waals surface area contributed by atoms with Gasteiger partial charge in [-0.1, -0.05) is 0 Å². The molecule has 0 bridgehead atoms. The van der Waals surface area contributed by atoms with E-state index in [1.54, 1.807) is 6.92 Å². The van der Waals surface area contributed by atoms with Crippen molar-refractivity contribution >= 4 is 23.1 Å². The number of nitro benzene ring substituents is 1. The summed E-state index contributed by atoms with van der Waals surface area (Å²) >= 11 is 0. The Bertz CT molecular complexity index is 861. The Balaban J connectivity index is 2.41. The second kappa shape index (κ2) is 8.47. The van der Waals surface area contributed by atoms with Crippen molar-refractivity contribution < 1.29 is 24.0 Å². The van der Waals surface area contributed by atoms with E-state index in [0.29, 0.717) is 0 Å². The van der Waals surface area contributed by atoms with Gasteiger partial charge in [-0.25, -0.2) is 9.18 Å². The molecule has 0 aromatic heterocycles. The molecule has 0 aliphatic carbocycles. The van der Waals surface area contributed by atoms with Gasteiger partial charge in [0.2, 0.25) is 5.70 Å². The van der Waals surface area contributed by atoms with Crippen molar-refractivity contribution in [3.63, 3.8) is 0 Å². The summed E-state index contributed by atoms with van der Waals surface area (Å²) in [4.78, 5) is 22.1. The zero-order valence-corrected chi connectivity index (χ0v) is 13.6. The number of ether oxygens (including phenoxy) is 1. The SMILES string of the molecule is CCOC(=O)/C(N=Nc1ccc(F)cc1)=C(/O)c1ccc([N+](=O)[O-])cc1. The van der Waals surface area contributed by atoms with Crippen LogP contribution in [0.1, 0.15) is 12.5 Å². The second-order valence-corrected chi connectivity index (χ2v) is 4.90. The van der Waals surface area contributed by atoms with E-state index >= 15 is 0 Å². The minimum absolute atomic E-state index is 0.0436. The van der Waals surface area contributed by atoms with Crippen LogP contribution in [0, 0.1) is 15.9 Å². The van der Waals surface area contributed by atoms with E-state index in [9.17, 15) is 24.4 Å². The average Bonchev–Trinajstić information content (AvgIpc) is 2.63. The van der Waals surface area contributed by atoms with Crippen molar-refractivity contribution in [2.75, 3.05) is 6.61 Å². The van der Waals surface area contributed by atoms with Crippen LogP contribution in [-0.2, 0) is 9.53 Å². The van der Waals surface area contributed by atoms with Crippen LogP contribution in [0.2, 0.25) is 0 Å². The predicted octanol–water partition coefficient (Wildman–Crippen LogP) is 4.31. The lowest BCUT2D eigenvalue weighted by Crippen LogP contribution is -2.08. The van der Waals surface area contributed by atoms with Crippen molar-refractivity contribution in [1.29, 1.82) is 0 Å². The minimum atomic E-state index is -0.922. The van der Waals surface area contributed by atoms with Crippen molar-refractivity contribution in [2.45, 2.75) is 6.92 Å². The summed E-state index contributed by atoms with van der Waals surface area (Å²) in [5.74, 6) is -1.93. The van der Waals surface area contributed by atoms with E-state index in [0.717, 1.165) is 12.1 Å². The third-order valence-corrected chi connectivity index (χ3v) is 3.14. The molecule has 134 valence electrons. The summed E-state index contributed by atoms with van der Waals surface area (Å²) in [6.07, 6.45) is 0. The normalized spacial score (nSPS) is 11.9. The van der Waals surface area contributed by atoms with Gasteiger partial charge >= 0.3 is 5.97 Å². The number of hydrogen-bond acceptors (Lipinski definition) is 7. The molecule has 0 aliphatic heterocycles. The fourth-order valence-corrected chi connectivity index (χ4v) is 1.88. The van der Waals surface area contributed by atoms with Crippen molar-refractivity contribution in [3.05, 3.63) is 75.7 Å². The fourth-order valence-electron chi connectivity index (χ4n) is 1.88. The summed E-state index contributed by atoms with van der Waals surface area (Å²) in [6, 6.07) is 9.88. The fraction of sp³-hybridized carbons (Fsp3) is 0.118. The lowest BCUT2D eigenvalue weighted by molar-refractivity contribution is -0.384. The first-order valence-electron chi connectivity index (χ1n) is 7.45. The number of esters is 1. The van der Waals surface area contributed by atoms with Gasteiger partial charge in [0.25, 0.3) is 5.69 Å². The lowest BCUT2D eigenvalue weighted by Gasteiger charge is -2.06. The molecule has 2 rings (SSSR count). The number of nitrogens with zero attached hydrogens (tertiary/aromatic N) is 3. The molecule has 0 aliphatic rings. The van der Waals surface area contributed by atoms with E-state index in [1.807, 2.05) is 0 Å².